The van der Waals surface area contributed by atoms with E-state index in [9.17, 15) is 25.3 Å². The van der Waals surface area contributed by atoms with Crippen LogP contribution in [0.5, 0.6) is 11.5 Å². The van der Waals surface area contributed by atoms with E-state index in [1.165, 1.54) is 12.1 Å². The molecule has 138 valence electrons. The molecule has 0 aromatic heterocycles. The molecule has 2 rings (SSSR count). The van der Waals surface area contributed by atoms with Crippen molar-refractivity contribution in [2.24, 2.45) is 0 Å². The Balaban J connectivity index is 2.40. The van der Waals surface area contributed by atoms with Crippen molar-refractivity contribution in [3.63, 3.8) is 0 Å². The van der Waals surface area contributed by atoms with Gasteiger partial charge in [-0.1, -0.05) is 17.7 Å². The summed E-state index contributed by atoms with van der Waals surface area (Å²) in [7, 11) is 0. The van der Waals surface area contributed by atoms with Crippen LogP contribution < -0.4 is 10.1 Å². The van der Waals surface area contributed by atoms with E-state index in [4.69, 9.17) is 16.3 Å². The molecule has 0 saturated carbocycles. The maximum atomic E-state index is 12.3. The van der Waals surface area contributed by atoms with Crippen molar-refractivity contribution in [3.05, 3.63) is 62.7 Å². The van der Waals surface area contributed by atoms with Crippen LogP contribution in [0, 0.1) is 21.4 Å². The van der Waals surface area contributed by atoms with Crippen molar-refractivity contribution < 1.29 is 19.6 Å². The van der Waals surface area contributed by atoms with Gasteiger partial charge in [0.1, 0.15) is 11.6 Å². The molecule has 2 aromatic rings. The standard InChI is InChI=1S/C18H14ClN3O5/c1-2-27-16-8-11(7-15(17(16)23)22(25)26)6-12(10-20)18(24)21-14-5-3-4-13(19)9-14/h3-9,23H,2H2,1H3,(H,21,24)/b12-6+. The fourth-order valence-electron chi connectivity index (χ4n) is 2.18. The number of nitriles is 1. The van der Waals surface area contributed by atoms with Crippen LogP contribution in [0.2, 0.25) is 5.02 Å². The van der Waals surface area contributed by atoms with E-state index in [2.05, 4.69) is 5.32 Å². The summed E-state index contributed by atoms with van der Waals surface area (Å²) >= 11 is 5.85. The van der Waals surface area contributed by atoms with E-state index >= 15 is 0 Å². The summed E-state index contributed by atoms with van der Waals surface area (Å²) in [6.07, 6.45) is 1.16. The summed E-state index contributed by atoms with van der Waals surface area (Å²) in [6.45, 7) is 1.81. The zero-order valence-corrected chi connectivity index (χ0v) is 14.9. The van der Waals surface area contributed by atoms with Gasteiger partial charge in [-0.2, -0.15) is 5.26 Å². The maximum absolute atomic E-state index is 12.3. The van der Waals surface area contributed by atoms with Crippen molar-refractivity contribution in [2.75, 3.05) is 11.9 Å². The summed E-state index contributed by atoms with van der Waals surface area (Å²) in [5, 5.41) is 33.2. The molecule has 9 heteroatoms. The molecule has 27 heavy (non-hydrogen) atoms. The van der Waals surface area contributed by atoms with Gasteiger partial charge in [0.25, 0.3) is 5.91 Å². The van der Waals surface area contributed by atoms with Crippen LogP contribution in [-0.2, 0) is 4.79 Å². The lowest BCUT2D eigenvalue weighted by molar-refractivity contribution is -0.386. The Morgan fingerprint density at radius 2 is 2.19 bits per heavy atom. The summed E-state index contributed by atoms with van der Waals surface area (Å²) in [6, 6.07) is 10.4. The number of hydrogen-bond donors (Lipinski definition) is 2. The molecule has 0 fully saturated rings. The van der Waals surface area contributed by atoms with E-state index in [0.717, 1.165) is 12.1 Å². The van der Waals surface area contributed by atoms with Gasteiger partial charge in [0.2, 0.25) is 5.75 Å². The Bertz CT molecular complexity index is 966. The van der Waals surface area contributed by atoms with Crippen LogP contribution in [-0.4, -0.2) is 22.5 Å². The molecule has 2 aromatic carbocycles. The molecule has 0 radical (unpaired) electrons. The first-order chi connectivity index (χ1) is 12.8. The predicted octanol–water partition coefficient (Wildman–Crippen LogP) is 3.90. The molecule has 0 spiro atoms. The normalized spacial score (nSPS) is 10.8. The molecule has 0 aliphatic heterocycles. The third-order valence-corrected chi connectivity index (χ3v) is 3.57. The smallest absolute Gasteiger partial charge is 0.315 e. The number of hydrogen-bond acceptors (Lipinski definition) is 6. The fourth-order valence-corrected chi connectivity index (χ4v) is 2.37. The van der Waals surface area contributed by atoms with E-state index in [1.807, 2.05) is 0 Å². The number of ether oxygens (including phenoxy) is 1. The highest BCUT2D eigenvalue weighted by atomic mass is 35.5. The highest BCUT2D eigenvalue weighted by Crippen LogP contribution is 2.37. The van der Waals surface area contributed by atoms with Gasteiger partial charge in [0.15, 0.2) is 5.75 Å². The first-order valence-electron chi connectivity index (χ1n) is 7.68. The lowest BCUT2D eigenvalue weighted by Gasteiger charge is -2.08. The zero-order valence-electron chi connectivity index (χ0n) is 14.1. The van der Waals surface area contributed by atoms with Crippen molar-refractivity contribution >= 4 is 35.0 Å². The van der Waals surface area contributed by atoms with Gasteiger partial charge in [-0.25, -0.2) is 0 Å². The van der Waals surface area contributed by atoms with E-state index in [1.54, 1.807) is 31.2 Å². The van der Waals surface area contributed by atoms with Gasteiger partial charge in [-0.3, -0.25) is 14.9 Å². The van der Waals surface area contributed by atoms with Gasteiger partial charge >= 0.3 is 5.69 Å². The molecule has 1 amide bonds. The molecule has 0 bridgehead atoms. The molecular formula is C18H14ClN3O5. The summed E-state index contributed by atoms with van der Waals surface area (Å²) < 4.78 is 5.17. The second kappa shape index (κ2) is 8.69. The number of carbonyl (C=O) groups is 1. The number of nitro benzene ring substituents is 1. The number of benzene rings is 2. The Kier molecular flexibility index (Phi) is 6.36. The van der Waals surface area contributed by atoms with Crippen LogP contribution in [0.4, 0.5) is 11.4 Å². The van der Waals surface area contributed by atoms with Crippen molar-refractivity contribution in [2.45, 2.75) is 6.92 Å². The van der Waals surface area contributed by atoms with Gasteiger partial charge < -0.3 is 15.2 Å². The van der Waals surface area contributed by atoms with E-state index in [-0.39, 0.29) is 23.5 Å². The number of aromatic hydroxyl groups is 1. The van der Waals surface area contributed by atoms with Gasteiger partial charge in [0, 0.05) is 16.8 Å². The largest absolute Gasteiger partial charge is 0.500 e. The van der Waals surface area contributed by atoms with Gasteiger partial charge in [-0.05, 0) is 42.8 Å². The number of amides is 1. The first-order valence-corrected chi connectivity index (χ1v) is 8.06. The lowest BCUT2D eigenvalue weighted by Crippen LogP contribution is -2.13. The molecule has 0 aliphatic rings. The number of nitrogens with zero attached hydrogens (tertiary/aromatic N) is 2. The maximum Gasteiger partial charge on any atom is 0.315 e. The number of phenolic OH excluding ortho intramolecular Hbond substituents is 1. The SMILES string of the molecule is CCOc1cc(/C=C(\C#N)C(=O)Nc2cccc(Cl)c2)cc([N+](=O)[O-])c1O. The van der Waals surface area contributed by atoms with Gasteiger partial charge in [-0.15, -0.1) is 0 Å². The Morgan fingerprint density at radius 1 is 1.44 bits per heavy atom. The molecule has 0 atom stereocenters. The van der Waals surface area contributed by atoms with Crippen LogP contribution >= 0.6 is 11.6 Å². The minimum Gasteiger partial charge on any atom is -0.500 e. The summed E-state index contributed by atoms with van der Waals surface area (Å²) in [5.41, 5.74) is -0.349. The predicted molar refractivity (Wildman–Crippen MR) is 99.6 cm³/mol. The number of anilines is 1. The molecule has 2 N–H and O–H groups in total. The number of nitro groups is 1. The van der Waals surface area contributed by atoms with Crippen LogP contribution in [0.1, 0.15) is 12.5 Å². The molecule has 0 heterocycles. The molecule has 8 nitrogen and oxygen atoms in total. The van der Waals surface area contributed by atoms with E-state index < -0.39 is 22.3 Å². The number of rotatable bonds is 6. The summed E-state index contributed by atoms with van der Waals surface area (Å²) in [4.78, 5) is 22.6. The lowest BCUT2D eigenvalue weighted by atomic mass is 10.1. The average molecular weight is 388 g/mol. The number of phenols is 1. The van der Waals surface area contributed by atoms with Crippen molar-refractivity contribution in [1.82, 2.24) is 0 Å². The monoisotopic (exact) mass is 387 g/mol. The van der Waals surface area contributed by atoms with Crippen molar-refractivity contribution in [3.8, 4) is 17.6 Å². The highest BCUT2D eigenvalue weighted by molar-refractivity contribution is 6.31. The number of carbonyl (C=O) groups excluding carboxylic acids is 1. The number of nitrogens with one attached hydrogen (secondary N) is 1. The van der Waals surface area contributed by atoms with Gasteiger partial charge in [0.05, 0.1) is 11.5 Å². The fraction of sp³-hybridized carbons (Fsp3) is 0.111. The molecule has 0 aliphatic carbocycles. The van der Waals surface area contributed by atoms with Crippen LogP contribution in [0.25, 0.3) is 6.08 Å². The molecular weight excluding hydrogens is 374 g/mol. The molecule has 0 unspecified atom stereocenters. The van der Waals surface area contributed by atoms with Crippen LogP contribution in [0.3, 0.4) is 0 Å². The quantitative estimate of drug-likeness (QED) is 0.335. The minimum absolute atomic E-state index is 0.120. The Morgan fingerprint density at radius 3 is 2.78 bits per heavy atom. The topological polar surface area (TPSA) is 125 Å². The Hall–Kier alpha value is -3.57. The molecule has 0 saturated heterocycles. The second-order valence-electron chi connectivity index (χ2n) is 5.21. The highest BCUT2D eigenvalue weighted by Gasteiger charge is 2.20. The third kappa shape index (κ3) is 4.96. The second-order valence-corrected chi connectivity index (χ2v) is 5.65. The minimum atomic E-state index is -0.784. The summed E-state index contributed by atoms with van der Waals surface area (Å²) in [5.74, 6) is -1.46. The van der Waals surface area contributed by atoms with Crippen LogP contribution in [0.15, 0.2) is 42.0 Å². The Labute approximate surface area is 159 Å². The third-order valence-electron chi connectivity index (χ3n) is 3.33. The van der Waals surface area contributed by atoms with Crippen molar-refractivity contribution in [1.29, 1.82) is 5.26 Å². The number of halogens is 1. The average Bonchev–Trinajstić information content (AvgIpc) is 2.61. The first kappa shape index (κ1) is 19.8. The zero-order chi connectivity index (χ0) is 20.0. The van der Waals surface area contributed by atoms with E-state index in [0.29, 0.717) is 10.7 Å².